The first-order valence-corrected chi connectivity index (χ1v) is 12.4. The summed E-state index contributed by atoms with van der Waals surface area (Å²) >= 11 is 7.68. The first-order valence-electron chi connectivity index (χ1n) is 11.2. The number of halogens is 2. The van der Waals surface area contributed by atoms with Gasteiger partial charge in [0.05, 0.1) is 27.4 Å². The number of carbonyl (C=O) groups excluding carboxylic acids is 1. The van der Waals surface area contributed by atoms with Crippen LogP contribution in [0.2, 0.25) is 5.02 Å². The summed E-state index contributed by atoms with van der Waals surface area (Å²) in [7, 11) is 3.23. The molecule has 4 rings (SSSR count). The molecule has 0 N–H and O–H groups in total. The van der Waals surface area contributed by atoms with Crippen molar-refractivity contribution in [1.29, 1.82) is 0 Å². The number of carbonyl (C=O) groups is 1. The number of ether oxygens (including phenoxy) is 3. The lowest BCUT2D eigenvalue weighted by Crippen LogP contribution is -2.39. The molecule has 0 saturated carbocycles. The molecule has 0 radical (unpaired) electrons. The lowest BCUT2D eigenvalue weighted by Gasteiger charge is -2.27. The summed E-state index contributed by atoms with van der Waals surface area (Å²) in [5.74, 6) is 1.19. The highest BCUT2D eigenvalue weighted by molar-refractivity contribution is 7.22. The van der Waals surface area contributed by atoms with Crippen molar-refractivity contribution in [3.63, 3.8) is 0 Å². The lowest BCUT2D eigenvalue weighted by molar-refractivity contribution is -0.114. The second kappa shape index (κ2) is 13.1. The van der Waals surface area contributed by atoms with Gasteiger partial charge >= 0.3 is 0 Å². The standard InChI is InChI=1S/C25H28ClN3O4S.ClH/c1-31-20-9-10-21(32-2)24-23(20)27-25(34-24)29(13-5-12-28-14-16-33-17-15-28)22(30)11-8-18-6-3-4-7-19(18)26;/h3-4,6-11H,5,12-17H2,1-2H3;1H/b11-8+;. The molecular formula is C25H29Cl2N3O4S. The Labute approximate surface area is 220 Å². The topological polar surface area (TPSA) is 64.1 Å². The molecule has 1 aromatic heterocycles. The van der Waals surface area contributed by atoms with Crippen molar-refractivity contribution in [3.8, 4) is 11.5 Å². The van der Waals surface area contributed by atoms with Gasteiger partial charge in [0.15, 0.2) is 5.13 Å². The van der Waals surface area contributed by atoms with E-state index in [-0.39, 0.29) is 18.3 Å². The van der Waals surface area contributed by atoms with Crippen LogP contribution in [0.5, 0.6) is 11.5 Å². The van der Waals surface area contributed by atoms with E-state index < -0.39 is 0 Å². The summed E-state index contributed by atoms with van der Waals surface area (Å²) in [5.41, 5.74) is 1.47. The zero-order chi connectivity index (χ0) is 23.9. The van der Waals surface area contributed by atoms with E-state index in [1.54, 1.807) is 37.3 Å². The lowest BCUT2D eigenvalue weighted by atomic mass is 10.2. The molecule has 1 saturated heterocycles. The second-order valence-corrected chi connectivity index (χ2v) is 9.18. The molecule has 0 aliphatic carbocycles. The maximum Gasteiger partial charge on any atom is 0.252 e. The maximum atomic E-state index is 13.4. The van der Waals surface area contributed by atoms with E-state index in [1.165, 1.54) is 11.3 Å². The third-order valence-electron chi connectivity index (χ3n) is 5.67. The van der Waals surface area contributed by atoms with Gasteiger partial charge in [-0.3, -0.25) is 14.6 Å². The molecule has 0 unspecified atom stereocenters. The fourth-order valence-electron chi connectivity index (χ4n) is 3.83. The first-order chi connectivity index (χ1) is 16.6. The zero-order valence-corrected chi connectivity index (χ0v) is 22.1. The highest BCUT2D eigenvalue weighted by Crippen LogP contribution is 2.40. The Morgan fingerprint density at radius 2 is 1.89 bits per heavy atom. The van der Waals surface area contributed by atoms with E-state index in [0.717, 1.165) is 49.5 Å². The van der Waals surface area contributed by atoms with Gasteiger partial charge in [0.1, 0.15) is 21.7 Å². The normalized spacial score (nSPS) is 14.1. The Hall–Kier alpha value is -2.36. The monoisotopic (exact) mass is 537 g/mol. The molecule has 0 atom stereocenters. The number of hydrogen-bond acceptors (Lipinski definition) is 7. The second-order valence-electron chi connectivity index (χ2n) is 7.80. The minimum atomic E-state index is -0.154. The van der Waals surface area contributed by atoms with Crippen LogP contribution in [0.3, 0.4) is 0 Å². The molecule has 2 heterocycles. The molecule has 188 valence electrons. The van der Waals surface area contributed by atoms with Crippen molar-refractivity contribution >= 4 is 62.7 Å². The summed E-state index contributed by atoms with van der Waals surface area (Å²) in [5, 5.41) is 1.20. The molecule has 1 fully saturated rings. The van der Waals surface area contributed by atoms with Crippen LogP contribution < -0.4 is 14.4 Å². The van der Waals surface area contributed by atoms with Crippen molar-refractivity contribution in [2.24, 2.45) is 0 Å². The van der Waals surface area contributed by atoms with E-state index in [1.807, 2.05) is 30.3 Å². The molecule has 2 aromatic carbocycles. The molecule has 35 heavy (non-hydrogen) atoms. The smallest absolute Gasteiger partial charge is 0.252 e. The fraction of sp³-hybridized carbons (Fsp3) is 0.360. The Bertz CT molecular complexity index is 1120. The average Bonchev–Trinajstić information content (AvgIpc) is 3.31. The number of methoxy groups -OCH3 is 2. The molecule has 3 aromatic rings. The van der Waals surface area contributed by atoms with Crippen LogP contribution in [-0.4, -0.2) is 69.4 Å². The third-order valence-corrected chi connectivity index (χ3v) is 7.10. The predicted molar refractivity (Wildman–Crippen MR) is 145 cm³/mol. The number of anilines is 1. The molecule has 1 amide bonds. The number of benzene rings is 2. The Kier molecular flexibility index (Phi) is 10.2. The number of amides is 1. The summed E-state index contributed by atoms with van der Waals surface area (Å²) in [6.07, 6.45) is 4.11. The van der Waals surface area contributed by atoms with Crippen LogP contribution in [0.15, 0.2) is 42.5 Å². The molecular weight excluding hydrogens is 509 g/mol. The number of fused-ring (bicyclic) bond motifs is 1. The van der Waals surface area contributed by atoms with E-state index in [4.69, 9.17) is 30.8 Å². The molecule has 0 spiro atoms. The number of aromatic nitrogens is 1. The van der Waals surface area contributed by atoms with Crippen molar-refractivity contribution in [2.75, 3.05) is 58.5 Å². The van der Waals surface area contributed by atoms with Gasteiger partial charge < -0.3 is 14.2 Å². The largest absolute Gasteiger partial charge is 0.495 e. The third kappa shape index (κ3) is 6.65. The van der Waals surface area contributed by atoms with E-state index in [2.05, 4.69) is 4.90 Å². The summed E-state index contributed by atoms with van der Waals surface area (Å²) in [6.45, 7) is 4.75. The van der Waals surface area contributed by atoms with Crippen molar-refractivity contribution in [3.05, 3.63) is 53.1 Å². The quantitative estimate of drug-likeness (QED) is 0.351. The first kappa shape index (κ1) is 27.2. The van der Waals surface area contributed by atoms with Gasteiger partial charge in [-0.15, -0.1) is 12.4 Å². The summed E-state index contributed by atoms with van der Waals surface area (Å²) in [6, 6.07) is 11.1. The van der Waals surface area contributed by atoms with Crippen molar-refractivity contribution in [1.82, 2.24) is 9.88 Å². The molecule has 7 nitrogen and oxygen atoms in total. The Balaban J connectivity index is 0.00000342. The van der Waals surface area contributed by atoms with Gasteiger partial charge in [0.2, 0.25) is 0 Å². The van der Waals surface area contributed by atoms with Crippen molar-refractivity contribution < 1.29 is 19.0 Å². The fourth-order valence-corrected chi connectivity index (χ4v) is 5.13. The van der Waals surface area contributed by atoms with Gasteiger partial charge in [0.25, 0.3) is 5.91 Å². The van der Waals surface area contributed by atoms with Gasteiger partial charge in [-0.25, -0.2) is 4.98 Å². The number of nitrogens with zero attached hydrogens (tertiary/aromatic N) is 3. The minimum Gasteiger partial charge on any atom is -0.495 e. The molecule has 10 heteroatoms. The molecule has 1 aliphatic heterocycles. The summed E-state index contributed by atoms with van der Waals surface area (Å²) < 4.78 is 17.3. The average molecular weight is 538 g/mol. The predicted octanol–water partition coefficient (Wildman–Crippen LogP) is 5.16. The van der Waals surface area contributed by atoms with Gasteiger partial charge in [-0.2, -0.15) is 0 Å². The van der Waals surface area contributed by atoms with E-state index in [0.29, 0.717) is 33.7 Å². The zero-order valence-electron chi connectivity index (χ0n) is 19.7. The maximum absolute atomic E-state index is 13.4. The summed E-state index contributed by atoms with van der Waals surface area (Å²) in [4.78, 5) is 22.2. The van der Waals surface area contributed by atoms with Gasteiger partial charge in [-0.1, -0.05) is 41.1 Å². The van der Waals surface area contributed by atoms with Crippen LogP contribution in [0.25, 0.3) is 16.3 Å². The molecule has 1 aliphatic rings. The van der Waals surface area contributed by atoms with E-state index >= 15 is 0 Å². The number of thiazole rings is 1. The number of rotatable bonds is 9. The highest BCUT2D eigenvalue weighted by atomic mass is 35.5. The van der Waals surface area contributed by atoms with Crippen molar-refractivity contribution in [2.45, 2.75) is 6.42 Å². The van der Waals surface area contributed by atoms with Crippen LogP contribution in [-0.2, 0) is 9.53 Å². The van der Waals surface area contributed by atoms with Crippen LogP contribution >= 0.6 is 35.3 Å². The minimum absolute atomic E-state index is 0. The highest BCUT2D eigenvalue weighted by Gasteiger charge is 2.22. The van der Waals surface area contributed by atoms with E-state index in [9.17, 15) is 4.79 Å². The molecule has 0 bridgehead atoms. The van der Waals surface area contributed by atoms with Gasteiger partial charge in [0, 0.05) is 37.3 Å². The van der Waals surface area contributed by atoms with Gasteiger partial charge in [-0.05, 0) is 36.3 Å². The Morgan fingerprint density at radius 3 is 2.60 bits per heavy atom. The SMILES string of the molecule is COc1ccc(OC)c2sc(N(CCCN3CCOCC3)C(=O)/C=C/c3ccccc3Cl)nc12.Cl. The van der Waals surface area contributed by atoms with Crippen LogP contribution in [0, 0.1) is 0 Å². The van der Waals surface area contributed by atoms with Crippen LogP contribution in [0.4, 0.5) is 5.13 Å². The Morgan fingerprint density at radius 1 is 1.17 bits per heavy atom. The van der Waals surface area contributed by atoms with Crippen LogP contribution in [0.1, 0.15) is 12.0 Å². The number of morpholine rings is 1. The number of hydrogen-bond donors (Lipinski definition) is 0.